The maximum Gasteiger partial charge on any atom is -0.00179 e. The van der Waals surface area contributed by atoms with Gasteiger partial charge in [-0.1, -0.05) is 6.92 Å². The van der Waals surface area contributed by atoms with E-state index in [1.807, 2.05) is 0 Å². The van der Waals surface area contributed by atoms with Gasteiger partial charge < -0.3 is 5.32 Å². The van der Waals surface area contributed by atoms with Gasteiger partial charge in [0.2, 0.25) is 0 Å². The highest BCUT2D eigenvalue weighted by Crippen LogP contribution is 2.49. The normalized spacial score (nSPS) is 36.8. The van der Waals surface area contributed by atoms with Crippen molar-refractivity contribution < 1.29 is 0 Å². The fourth-order valence-corrected chi connectivity index (χ4v) is 2.32. The third kappa shape index (κ3) is 1.58. The quantitative estimate of drug-likeness (QED) is 0.651. The monoisotopic (exact) mass is 153 g/mol. The summed E-state index contributed by atoms with van der Waals surface area (Å²) in [5.74, 6) is 3.31. The largest absolute Gasteiger partial charge is 0.317 e. The molecule has 0 amide bonds. The summed E-state index contributed by atoms with van der Waals surface area (Å²) in [7, 11) is 0. The molecule has 0 radical (unpaired) electrons. The minimum absolute atomic E-state index is 1.04. The van der Waals surface area contributed by atoms with Crippen LogP contribution >= 0.6 is 0 Å². The van der Waals surface area contributed by atoms with Crippen LogP contribution in [0.3, 0.4) is 0 Å². The molecule has 0 heterocycles. The molecule has 0 aromatic heterocycles. The van der Waals surface area contributed by atoms with Gasteiger partial charge in [0.05, 0.1) is 0 Å². The van der Waals surface area contributed by atoms with Crippen molar-refractivity contribution in [3.63, 3.8) is 0 Å². The van der Waals surface area contributed by atoms with E-state index in [4.69, 9.17) is 0 Å². The Balaban J connectivity index is 1.68. The number of hydrogen-bond acceptors (Lipinski definition) is 1. The molecule has 2 atom stereocenters. The van der Waals surface area contributed by atoms with Crippen LogP contribution in [0.5, 0.6) is 0 Å². The van der Waals surface area contributed by atoms with Crippen molar-refractivity contribution in [3.8, 4) is 0 Å². The SMILES string of the molecule is CCNCC1CCC1C1CC1. The van der Waals surface area contributed by atoms with Gasteiger partial charge in [-0.3, -0.25) is 0 Å². The highest BCUT2D eigenvalue weighted by atomic mass is 14.9. The summed E-state index contributed by atoms with van der Waals surface area (Å²) in [5, 5.41) is 3.46. The number of nitrogens with one attached hydrogen (secondary N) is 1. The zero-order chi connectivity index (χ0) is 7.68. The van der Waals surface area contributed by atoms with Gasteiger partial charge in [-0.05, 0) is 56.5 Å². The smallest absolute Gasteiger partial charge is 0.00179 e. The fourth-order valence-electron chi connectivity index (χ4n) is 2.32. The maximum absolute atomic E-state index is 3.46. The van der Waals surface area contributed by atoms with Crippen molar-refractivity contribution in [2.24, 2.45) is 17.8 Å². The first-order valence-electron chi connectivity index (χ1n) is 5.12. The molecule has 2 aliphatic rings. The Labute approximate surface area is 69.6 Å². The van der Waals surface area contributed by atoms with Crippen molar-refractivity contribution in [2.75, 3.05) is 13.1 Å². The van der Waals surface area contributed by atoms with Gasteiger partial charge in [-0.25, -0.2) is 0 Å². The van der Waals surface area contributed by atoms with Gasteiger partial charge in [0.15, 0.2) is 0 Å². The molecule has 0 spiro atoms. The summed E-state index contributed by atoms with van der Waals surface area (Å²) in [6.45, 7) is 4.64. The van der Waals surface area contributed by atoms with Crippen LogP contribution in [0.1, 0.15) is 32.6 Å². The Bertz CT molecular complexity index is 129. The van der Waals surface area contributed by atoms with E-state index in [2.05, 4.69) is 12.2 Å². The Morgan fingerprint density at radius 1 is 1.18 bits per heavy atom. The second-order valence-corrected chi connectivity index (χ2v) is 4.15. The lowest BCUT2D eigenvalue weighted by Crippen LogP contribution is -2.36. The van der Waals surface area contributed by atoms with Crippen molar-refractivity contribution in [1.82, 2.24) is 5.32 Å². The molecular formula is C10H19N. The van der Waals surface area contributed by atoms with E-state index in [9.17, 15) is 0 Å². The lowest BCUT2D eigenvalue weighted by Gasteiger charge is -2.37. The molecule has 2 aliphatic carbocycles. The summed E-state index contributed by atoms with van der Waals surface area (Å²) < 4.78 is 0. The standard InChI is InChI=1S/C10H19N/c1-2-11-7-9-5-6-10(9)8-3-4-8/h8-11H,2-7H2,1H3. The average Bonchev–Trinajstić information content (AvgIpc) is 2.70. The molecule has 11 heavy (non-hydrogen) atoms. The highest BCUT2D eigenvalue weighted by molar-refractivity contribution is 4.92. The summed E-state index contributed by atoms with van der Waals surface area (Å²) >= 11 is 0. The summed E-state index contributed by atoms with van der Waals surface area (Å²) in [6, 6.07) is 0. The molecular weight excluding hydrogens is 134 g/mol. The molecule has 0 bridgehead atoms. The topological polar surface area (TPSA) is 12.0 Å². The van der Waals surface area contributed by atoms with E-state index in [-0.39, 0.29) is 0 Å². The lowest BCUT2D eigenvalue weighted by molar-refractivity contribution is 0.147. The van der Waals surface area contributed by atoms with E-state index in [0.29, 0.717) is 0 Å². The van der Waals surface area contributed by atoms with Gasteiger partial charge in [-0.15, -0.1) is 0 Å². The van der Waals surface area contributed by atoms with Gasteiger partial charge in [0.1, 0.15) is 0 Å². The zero-order valence-corrected chi connectivity index (χ0v) is 7.47. The van der Waals surface area contributed by atoms with Gasteiger partial charge >= 0.3 is 0 Å². The van der Waals surface area contributed by atoms with Crippen LogP contribution in [-0.2, 0) is 0 Å². The predicted molar refractivity (Wildman–Crippen MR) is 47.5 cm³/mol. The molecule has 2 rings (SSSR count). The van der Waals surface area contributed by atoms with Crippen molar-refractivity contribution in [2.45, 2.75) is 32.6 Å². The van der Waals surface area contributed by atoms with E-state index < -0.39 is 0 Å². The molecule has 0 saturated heterocycles. The Morgan fingerprint density at radius 2 is 2.00 bits per heavy atom. The summed E-state index contributed by atoms with van der Waals surface area (Å²) in [5.41, 5.74) is 0. The van der Waals surface area contributed by atoms with Crippen LogP contribution in [0.4, 0.5) is 0 Å². The van der Waals surface area contributed by atoms with Crippen LogP contribution in [0.15, 0.2) is 0 Å². The van der Waals surface area contributed by atoms with E-state index in [1.54, 1.807) is 0 Å². The molecule has 1 N–H and O–H groups in total. The molecule has 2 saturated carbocycles. The average molecular weight is 153 g/mol. The number of rotatable bonds is 4. The third-order valence-corrected chi connectivity index (χ3v) is 3.36. The molecule has 1 nitrogen and oxygen atoms in total. The second kappa shape index (κ2) is 3.14. The molecule has 1 heteroatoms. The van der Waals surface area contributed by atoms with E-state index in [0.717, 1.165) is 24.3 Å². The molecule has 0 aromatic rings. The lowest BCUT2D eigenvalue weighted by atomic mass is 9.71. The Kier molecular flexibility index (Phi) is 2.17. The Morgan fingerprint density at radius 3 is 2.45 bits per heavy atom. The first-order chi connectivity index (χ1) is 5.42. The molecule has 2 unspecified atom stereocenters. The first-order valence-corrected chi connectivity index (χ1v) is 5.12. The summed E-state index contributed by atoms with van der Waals surface area (Å²) in [4.78, 5) is 0. The van der Waals surface area contributed by atoms with Gasteiger partial charge in [-0.2, -0.15) is 0 Å². The van der Waals surface area contributed by atoms with Crippen LogP contribution in [0, 0.1) is 17.8 Å². The summed E-state index contributed by atoms with van der Waals surface area (Å²) in [6.07, 6.45) is 6.09. The van der Waals surface area contributed by atoms with Crippen LogP contribution in [-0.4, -0.2) is 13.1 Å². The minimum atomic E-state index is 1.04. The van der Waals surface area contributed by atoms with E-state index >= 15 is 0 Å². The fraction of sp³-hybridized carbons (Fsp3) is 1.00. The van der Waals surface area contributed by atoms with Crippen LogP contribution in [0.2, 0.25) is 0 Å². The second-order valence-electron chi connectivity index (χ2n) is 4.15. The minimum Gasteiger partial charge on any atom is -0.317 e. The van der Waals surface area contributed by atoms with Crippen LogP contribution in [0.25, 0.3) is 0 Å². The first kappa shape index (κ1) is 7.60. The van der Waals surface area contributed by atoms with Crippen molar-refractivity contribution >= 4 is 0 Å². The zero-order valence-electron chi connectivity index (χ0n) is 7.47. The molecule has 0 aromatic carbocycles. The van der Waals surface area contributed by atoms with E-state index in [1.165, 1.54) is 32.2 Å². The van der Waals surface area contributed by atoms with Crippen molar-refractivity contribution in [1.29, 1.82) is 0 Å². The third-order valence-electron chi connectivity index (χ3n) is 3.36. The molecule has 2 fully saturated rings. The number of hydrogen-bond donors (Lipinski definition) is 1. The van der Waals surface area contributed by atoms with Gasteiger partial charge in [0, 0.05) is 0 Å². The van der Waals surface area contributed by atoms with Crippen molar-refractivity contribution in [3.05, 3.63) is 0 Å². The highest BCUT2D eigenvalue weighted by Gasteiger charge is 2.41. The molecule has 0 aliphatic heterocycles. The predicted octanol–water partition coefficient (Wildman–Crippen LogP) is 2.03. The molecule has 64 valence electrons. The Hall–Kier alpha value is -0.0400. The van der Waals surface area contributed by atoms with Gasteiger partial charge in [0.25, 0.3) is 0 Å². The maximum atomic E-state index is 3.46. The van der Waals surface area contributed by atoms with Crippen LogP contribution < -0.4 is 5.32 Å².